The van der Waals surface area contributed by atoms with Crippen molar-refractivity contribution >= 4 is 21.6 Å². The molecule has 1 rings (SSSR count). The number of aromatic nitrogens is 1. The van der Waals surface area contributed by atoms with Gasteiger partial charge < -0.3 is 11.1 Å². The van der Waals surface area contributed by atoms with Gasteiger partial charge in [0.25, 0.3) is 0 Å². The van der Waals surface area contributed by atoms with E-state index >= 15 is 0 Å². The molecule has 0 aliphatic carbocycles. The van der Waals surface area contributed by atoms with Gasteiger partial charge in [-0.05, 0) is 34.5 Å². The monoisotopic (exact) mass is 243 g/mol. The molecule has 1 aromatic rings. The van der Waals surface area contributed by atoms with Crippen molar-refractivity contribution in [2.75, 3.05) is 18.4 Å². The molecule has 72 valence electrons. The zero-order chi connectivity index (χ0) is 9.68. The number of nitrogens with one attached hydrogen (secondary N) is 1. The van der Waals surface area contributed by atoms with E-state index in [1.54, 1.807) is 12.4 Å². The van der Waals surface area contributed by atoms with Crippen LogP contribution in [0.5, 0.6) is 0 Å². The van der Waals surface area contributed by atoms with Gasteiger partial charge in [0, 0.05) is 17.2 Å². The van der Waals surface area contributed by atoms with Crippen molar-refractivity contribution in [2.24, 2.45) is 11.7 Å². The van der Waals surface area contributed by atoms with Gasteiger partial charge in [0.1, 0.15) is 0 Å². The first-order valence-corrected chi connectivity index (χ1v) is 5.06. The highest BCUT2D eigenvalue weighted by molar-refractivity contribution is 9.10. The highest BCUT2D eigenvalue weighted by atomic mass is 79.9. The van der Waals surface area contributed by atoms with Crippen molar-refractivity contribution < 1.29 is 0 Å². The van der Waals surface area contributed by atoms with Gasteiger partial charge in [0.05, 0.1) is 11.9 Å². The molecular formula is C9H14BrN3. The first-order valence-electron chi connectivity index (χ1n) is 4.27. The zero-order valence-corrected chi connectivity index (χ0v) is 9.21. The van der Waals surface area contributed by atoms with Gasteiger partial charge in [-0.1, -0.05) is 6.92 Å². The fraction of sp³-hybridized carbons (Fsp3) is 0.444. The third kappa shape index (κ3) is 3.74. The predicted molar refractivity (Wildman–Crippen MR) is 58.6 cm³/mol. The van der Waals surface area contributed by atoms with E-state index < -0.39 is 0 Å². The highest BCUT2D eigenvalue weighted by Gasteiger charge is 1.98. The molecule has 13 heavy (non-hydrogen) atoms. The Hall–Kier alpha value is -0.610. The summed E-state index contributed by atoms with van der Waals surface area (Å²) in [4.78, 5) is 4.05. The topological polar surface area (TPSA) is 50.9 Å². The quantitative estimate of drug-likeness (QED) is 0.849. The van der Waals surface area contributed by atoms with Crippen LogP contribution in [0.3, 0.4) is 0 Å². The Morgan fingerprint density at radius 3 is 3.00 bits per heavy atom. The molecule has 1 unspecified atom stereocenters. The Morgan fingerprint density at radius 2 is 2.38 bits per heavy atom. The molecule has 0 aliphatic rings. The lowest BCUT2D eigenvalue weighted by Crippen LogP contribution is -2.19. The van der Waals surface area contributed by atoms with E-state index in [2.05, 4.69) is 33.2 Å². The molecule has 4 heteroatoms. The standard InChI is InChI=1S/C9H14BrN3/c1-7(3-11)4-13-9-2-8(10)5-12-6-9/h2,5-7,13H,3-4,11H2,1H3. The van der Waals surface area contributed by atoms with Gasteiger partial charge >= 0.3 is 0 Å². The SMILES string of the molecule is CC(CN)CNc1cncc(Br)c1. The summed E-state index contributed by atoms with van der Waals surface area (Å²) in [6.45, 7) is 3.70. The fourth-order valence-corrected chi connectivity index (χ4v) is 1.25. The van der Waals surface area contributed by atoms with E-state index in [9.17, 15) is 0 Å². The summed E-state index contributed by atoms with van der Waals surface area (Å²) in [6.07, 6.45) is 3.56. The smallest absolute Gasteiger partial charge is 0.0538 e. The normalized spacial score (nSPS) is 12.5. The number of hydrogen-bond acceptors (Lipinski definition) is 3. The lowest BCUT2D eigenvalue weighted by Gasteiger charge is -2.10. The van der Waals surface area contributed by atoms with Crippen LogP contribution in [0.4, 0.5) is 5.69 Å². The second-order valence-electron chi connectivity index (χ2n) is 3.11. The van der Waals surface area contributed by atoms with Crippen LogP contribution in [0.15, 0.2) is 22.9 Å². The van der Waals surface area contributed by atoms with Crippen molar-refractivity contribution in [3.05, 3.63) is 22.9 Å². The second-order valence-corrected chi connectivity index (χ2v) is 4.03. The van der Waals surface area contributed by atoms with Crippen LogP contribution < -0.4 is 11.1 Å². The maximum absolute atomic E-state index is 5.50. The summed E-state index contributed by atoms with van der Waals surface area (Å²) in [6, 6.07) is 2.00. The van der Waals surface area contributed by atoms with Crippen LogP contribution in [-0.2, 0) is 0 Å². The van der Waals surface area contributed by atoms with Crippen molar-refractivity contribution in [2.45, 2.75) is 6.92 Å². The maximum Gasteiger partial charge on any atom is 0.0538 e. The Bertz CT molecular complexity index is 265. The maximum atomic E-state index is 5.50. The number of rotatable bonds is 4. The van der Waals surface area contributed by atoms with E-state index in [0.29, 0.717) is 12.5 Å². The average Bonchev–Trinajstić information content (AvgIpc) is 2.14. The van der Waals surface area contributed by atoms with E-state index in [0.717, 1.165) is 16.7 Å². The summed E-state index contributed by atoms with van der Waals surface area (Å²) in [5.74, 6) is 0.485. The van der Waals surface area contributed by atoms with E-state index in [1.165, 1.54) is 0 Å². The summed E-state index contributed by atoms with van der Waals surface area (Å²) >= 11 is 3.36. The van der Waals surface area contributed by atoms with Crippen LogP contribution in [0.1, 0.15) is 6.92 Å². The number of anilines is 1. The minimum absolute atomic E-state index is 0.485. The number of hydrogen-bond donors (Lipinski definition) is 2. The molecule has 0 spiro atoms. The van der Waals surface area contributed by atoms with Crippen LogP contribution >= 0.6 is 15.9 Å². The third-order valence-electron chi connectivity index (χ3n) is 1.76. The molecule has 0 fully saturated rings. The predicted octanol–water partition coefficient (Wildman–Crippen LogP) is 1.85. The zero-order valence-electron chi connectivity index (χ0n) is 7.63. The summed E-state index contributed by atoms with van der Waals surface area (Å²) in [5.41, 5.74) is 6.52. The number of nitrogens with two attached hydrogens (primary N) is 1. The number of nitrogens with zero attached hydrogens (tertiary/aromatic N) is 1. The van der Waals surface area contributed by atoms with Crippen LogP contribution in [0, 0.1) is 5.92 Å². The van der Waals surface area contributed by atoms with Crippen molar-refractivity contribution in [3.8, 4) is 0 Å². The molecule has 1 atom stereocenters. The highest BCUT2D eigenvalue weighted by Crippen LogP contribution is 2.13. The molecule has 0 saturated carbocycles. The van der Waals surface area contributed by atoms with Crippen LogP contribution in [0.25, 0.3) is 0 Å². The van der Waals surface area contributed by atoms with Crippen molar-refractivity contribution in [1.29, 1.82) is 0 Å². The van der Waals surface area contributed by atoms with Gasteiger partial charge in [-0.15, -0.1) is 0 Å². The molecule has 3 nitrogen and oxygen atoms in total. The molecule has 0 radical (unpaired) electrons. The molecule has 0 aliphatic heterocycles. The first kappa shape index (κ1) is 10.5. The van der Waals surface area contributed by atoms with Gasteiger partial charge in [-0.25, -0.2) is 0 Å². The minimum atomic E-state index is 0.485. The number of halogens is 1. The summed E-state index contributed by atoms with van der Waals surface area (Å²) in [7, 11) is 0. The first-order chi connectivity index (χ1) is 6.22. The van der Waals surface area contributed by atoms with E-state index in [4.69, 9.17) is 5.73 Å². The second kappa shape index (κ2) is 5.19. The Balaban J connectivity index is 2.45. The minimum Gasteiger partial charge on any atom is -0.383 e. The summed E-state index contributed by atoms with van der Waals surface area (Å²) in [5, 5.41) is 3.26. The van der Waals surface area contributed by atoms with Gasteiger partial charge in [0.2, 0.25) is 0 Å². The Labute approximate surface area is 86.9 Å². The molecule has 1 aromatic heterocycles. The lowest BCUT2D eigenvalue weighted by atomic mass is 10.2. The van der Waals surface area contributed by atoms with Crippen molar-refractivity contribution in [3.63, 3.8) is 0 Å². The summed E-state index contributed by atoms with van der Waals surface area (Å²) < 4.78 is 0.984. The van der Waals surface area contributed by atoms with Gasteiger partial charge in [-0.2, -0.15) is 0 Å². The van der Waals surface area contributed by atoms with Crippen LogP contribution in [0.2, 0.25) is 0 Å². The molecule has 0 aromatic carbocycles. The van der Waals surface area contributed by atoms with E-state index in [1.807, 2.05) is 6.07 Å². The molecule has 3 N–H and O–H groups in total. The lowest BCUT2D eigenvalue weighted by molar-refractivity contribution is 0.628. The molecule has 0 bridgehead atoms. The number of pyridine rings is 1. The van der Waals surface area contributed by atoms with Gasteiger partial charge in [0.15, 0.2) is 0 Å². The van der Waals surface area contributed by atoms with Crippen molar-refractivity contribution in [1.82, 2.24) is 4.98 Å². The molecule has 0 amide bonds. The van der Waals surface area contributed by atoms with Crippen LogP contribution in [-0.4, -0.2) is 18.1 Å². The van der Waals surface area contributed by atoms with E-state index in [-0.39, 0.29) is 0 Å². The van der Waals surface area contributed by atoms with Gasteiger partial charge in [-0.3, -0.25) is 4.98 Å². The third-order valence-corrected chi connectivity index (χ3v) is 2.20. The molecule has 0 saturated heterocycles. The molecule has 1 heterocycles. The Morgan fingerprint density at radius 1 is 1.62 bits per heavy atom. The average molecular weight is 244 g/mol. The molecular weight excluding hydrogens is 230 g/mol. The largest absolute Gasteiger partial charge is 0.383 e. The Kier molecular flexibility index (Phi) is 4.18. The fourth-order valence-electron chi connectivity index (χ4n) is 0.884.